The van der Waals surface area contributed by atoms with Gasteiger partial charge in [-0.25, -0.2) is 9.67 Å². The summed E-state index contributed by atoms with van der Waals surface area (Å²) in [4.78, 5) is 4.00. The average Bonchev–Trinajstić information content (AvgIpc) is 2.30. The molecule has 0 saturated carbocycles. The third-order valence-corrected chi connectivity index (χ3v) is 1.30. The molecule has 1 aromatic rings. The fourth-order valence-electron chi connectivity index (χ4n) is 0.869. The van der Waals surface area contributed by atoms with Crippen molar-refractivity contribution in [2.24, 2.45) is 0 Å². The molecule has 0 fully saturated rings. The van der Waals surface area contributed by atoms with Crippen LogP contribution in [0.1, 0.15) is 18.6 Å². The molecular weight excluding hydrogens is 130 g/mol. The second kappa shape index (κ2) is 2.79. The Hall–Kier alpha value is -0.900. The molecular formula is C6H11N3O. The van der Waals surface area contributed by atoms with Gasteiger partial charge in [-0.05, 0) is 13.8 Å². The van der Waals surface area contributed by atoms with Gasteiger partial charge in [0.2, 0.25) is 0 Å². The van der Waals surface area contributed by atoms with Crippen LogP contribution in [0.4, 0.5) is 0 Å². The summed E-state index contributed by atoms with van der Waals surface area (Å²) in [6.45, 7) is 4.50. The molecule has 0 amide bonds. The second-order valence-corrected chi connectivity index (χ2v) is 2.05. The van der Waals surface area contributed by atoms with Gasteiger partial charge >= 0.3 is 0 Å². The number of aliphatic hydroxyl groups excluding tert-OH is 1. The molecule has 1 rings (SSSR count). The predicted molar refractivity (Wildman–Crippen MR) is 36.4 cm³/mol. The highest BCUT2D eigenvalue weighted by Gasteiger charge is 2.01. The van der Waals surface area contributed by atoms with Crippen LogP contribution in [0.15, 0.2) is 0 Å². The van der Waals surface area contributed by atoms with Crippen LogP contribution in [-0.2, 0) is 13.2 Å². The van der Waals surface area contributed by atoms with E-state index in [0.717, 1.165) is 6.54 Å². The van der Waals surface area contributed by atoms with Gasteiger partial charge in [0.15, 0.2) is 5.82 Å². The van der Waals surface area contributed by atoms with Gasteiger partial charge in [-0.3, -0.25) is 0 Å². The number of aryl methyl sites for hydroxylation is 2. The Morgan fingerprint density at radius 2 is 2.30 bits per heavy atom. The maximum atomic E-state index is 8.74. The summed E-state index contributed by atoms with van der Waals surface area (Å²) < 4.78 is 1.69. The van der Waals surface area contributed by atoms with E-state index in [9.17, 15) is 0 Å². The fraction of sp³-hybridized carbons (Fsp3) is 0.667. The van der Waals surface area contributed by atoms with Crippen molar-refractivity contribution in [1.82, 2.24) is 14.8 Å². The van der Waals surface area contributed by atoms with E-state index in [-0.39, 0.29) is 6.61 Å². The van der Waals surface area contributed by atoms with Crippen LogP contribution in [0.5, 0.6) is 0 Å². The maximum absolute atomic E-state index is 8.74. The smallest absolute Gasteiger partial charge is 0.152 e. The van der Waals surface area contributed by atoms with Crippen LogP contribution in [0.3, 0.4) is 0 Å². The summed E-state index contributed by atoms with van der Waals surface area (Å²) in [5, 5.41) is 12.8. The van der Waals surface area contributed by atoms with E-state index >= 15 is 0 Å². The minimum Gasteiger partial charge on any atom is -0.388 e. The first-order valence-corrected chi connectivity index (χ1v) is 3.29. The molecule has 56 valence electrons. The Morgan fingerprint density at radius 3 is 2.70 bits per heavy atom. The first kappa shape index (κ1) is 7.21. The summed E-state index contributed by atoms with van der Waals surface area (Å²) in [6.07, 6.45) is 0. The normalized spacial score (nSPS) is 10.3. The molecule has 1 aromatic heterocycles. The lowest BCUT2D eigenvalue weighted by Gasteiger charge is -1.95. The van der Waals surface area contributed by atoms with Gasteiger partial charge in [-0.15, -0.1) is 0 Å². The van der Waals surface area contributed by atoms with Crippen molar-refractivity contribution < 1.29 is 5.11 Å². The molecule has 0 spiro atoms. The van der Waals surface area contributed by atoms with Gasteiger partial charge in [0, 0.05) is 6.54 Å². The van der Waals surface area contributed by atoms with Crippen molar-refractivity contribution in [3.05, 3.63) is 11.6 Å². The van der Waals surface area contributed by atoms with Crippen molar-refractivity contribution >= 4 is 0 Å². The molecule has 0 aliphatic carbocycles. The molecule has 0 bridgehead atoms. The van der Waals surface area contributed by atoms with Crippen LogP contribution >= 0.6 is 0 Å². The number of hydrogen-bond acceptors (Lipinski definition) is 3. The summed E-state index contributed by atoms with van der Waals surface area (Å²) in [7, 11) is 0. The quantitative estimate of drug-likeness (QED) is 0.635. The van der Waals surface area contributed by atoms with Gasteiger partial charge in [0.25, 0.3) is 0 Å². The van der Waals surface area contributed by atoms with E-state index in [0.29, 0.717) is 11.6 Å². The number of aliphatic hydroxyl groups is 1. The standard InChI is InChI=1S/C6H11N3O/c1-3-9-6(4-10)7-5(2)8-9/h10H,3-4H2,1-2H3. The van der Waals surface area contributed by atoms with E-state index in [1.807, 2.05) is 13.8 Å². The lowest BCUT2D eigenvalue weighted by molar-refractivity contribution is 0.263. The first-order valence-electron chi connectivity index (χ1n) is 3.29. The molecule has 0 aliphatic rings. The Morgan fingerprint density at radius 1 is 1.60 bits per heavy atom. The highest BCUT2D eigenvalue weighted by Crippen LogP contribution is 1.96. The van der Waals surface area contributed by atoms with E-state index < -0.39 is 0 Å². The zero-order chi connectivity index (χ0) is 7.56. The Balaban J connectivity index is 2.96. The van der Waals surface area contributed by atoms with Crippen LogP contribution in [0.25, 0.3) is 0 Å². The molecule has 0 atom stereocenters. The third kappa shape index (κ3) is 1.16. The average molecular weight is 141 g/mol. The van der Waals surface area contributed by atoms with E-state index in [2.05, 4.69) is 10.1 Å². The molecule has 1 heterocycles. The van der Waals surface area contributed by atoms with Gasteiger partial charge < -0.3 is 5.11 Å². The molecule has 0 unspecified atom stereocenters. The fourth-order valence-corrected chi connectivity index (χ4v) is 0.869. The van der Waals surface area contributed by atoms with Crippen molar-refractivity contribution in [1.29, 1.82) is 0 Å². The minimum absolute atomic E-state index is 0.0331. The monoisotopic (exact) mass is 141 g/mol. The summed E-state index contributed by atoms with van der Waals surface area (Å²) >= 11 is 0. The van der Waals surface area contributed by atoms with E-state index in [1.165, 1.54) is 0 Å². The van der Waals surface area contributed by atoms with Crippen LogP contribution in [0, 0.1) is 6.92 Å². The maximum Gasteiger partial charge on any atom is 0.152 e. The molecule has 4 nitrogen and oxygen atoms in total. The Bertz CT molecular complexity index is 197. The summed E-state index contributed by atoms with van der Waals surface area (Å²) in [5.41, 5.74) is 0. The minimum atomic E-state index is -0.0331. The topological polar surface area (TPSA) is 50.9 Å². The van der Waals surface area contributed by atoms with Crippen molar-refractivity contribution in [3.8, 4) is 0 Å². The SMILES string of the molecule is CCn1nc(C)nc1CO. The molecule has 1 N–H and O–H groups in total. The Kier molecular flexibility index (Phi) is 2.01. The summed E-state index contributed by atoms with van der Waals surface area (Å²) in [5.74, 6) is 1.35. The largest absolute Gasteiger partial charge is 0.388 e. The first-order chi connectivity index (χ1) is 4.77. The van der Waals surface area contributed by atoms with Crippen LogP contribution in [-0.4, -0.2) is 19.9 Å². The van der Waals surface area contributed by atoms with Crippen LogP contribution < -0.4 is 0 Å². The van der Waals surface area contributed by atoms with E-state index in [1.54, 1.807) is 4.68 Å². The number of hydrogen-bond donors (Lipinski definition) is 1. The number of aromatic nitrogens is 3. The predicted octanol–water partition coefficient (Wildman–Crippen LogP) is 0.0987. The summed E-state index contributed by atoms with van der Waals surface area (Å²) in [6, 6.07) is 0. The number of rotatable bonds is 2. The van der Waals surface area contributed by atoms with Gasteiger partial charge in [0.05, 0.1) is 0 Å². The molecule has 0 radical (unpaired) electrons. The zero-order valence-electron chi connectivity index (χ0n) is 6.20. The second-order valence-electron chi connectivity index (χ2n) is 2.05. The zero-order valence-corrected chi connectivity index (χ0v) is 6.20. The van der Waals surface area contributed by atoms with Crippen molar-refractivity contribution in [3.63, 3.8) is 0 Å². The molecule has 0 aromatic carbocycles. The van der Waals surface area contributed by atoms with Crippen molar-refractivity contribution in [2.45, 2.75) is 27.0 Å². The Labute approximate surface area is 59.5 Å². The molecule has 0 saturated heterocycles. The molecule has 10 heavy (non-hydrogen) atoms. The lowest BCUT2D eigenvalue weighted by atomic mass is 10.6. The van der Waals surface area contributed by atoms with Crippen LogP contribution in [0.2, 0.25) is 0 Å². The molecule has 0 aliphatic heterocycles. The molecule has 4 heteroatoms. The third-order valence-electron chi connectivity index (χ3n) is 1.30. The van der Waals surface area contributed by atoms with Gasteiger partial charge in [-0.2, -0.15) is 5.10 Å². The highest BCUT2D eigenvalue weighted by molar-refractivity contribution is 4.88. The van der Waals surface area contributed by atoms with Crippen molar-refractivity contribution in [2.75, 3.05) is 0 Å². The van der Waals surface area contributed by atoms with Gasteiger partial charge in [-0.1, -0.05) is 0 Å². The van der Waals surface area contributed by atoms with E-state index in [4.69, 9.17) is 5.11 Å². The number of nitrogens with zero attached hydrogens (tertiary/aromatic N) is 3. The van der Waals surface area contributed by atoms with Gasteiger partial charge in [0.1, 0.15) is 12.4 Å². The lowest BCUT2D eigenvalue weighted by Crippen LogP contribution is -2.02. The highest BCUT2D eigenvalue weighted by atomic mass is 16.3.